The summed E-state index contributed by atoms with van der Waals surface area (Å²) >= 11 is 0. The lowest BCUT2D eigenvalue weighted by atomic mass is 10.0. The molecule has 4 unspecified atom stereocenters. The Morgan fingerprint density at radius 3 is 2.88 bits per heavy atom. The number of ether oxygens (including phenoxy) is 3. The van der Waals surface area contributed by atoms with Crippen LogP contribution < -0.4 is 0 Å². The van der Waals surface area contributed by atoms with Crippen molar-refractivity contribution in [1.82, 2.24) is 0 Å². The average Bonchev–Trinajstić information content (AvgIpc) is 2.29. The molecule has 1 heterocycles. The Labute approximate surface area is 94.5 Å². The maximum atomic E-state index is 9.65. The molecule has 2 N–H and O–H groups in total. The van der Waals surface area contributed by atoms with Crippen LogP contribution in [0.2, 0.25) is 0 Å². The first-order valence-corrected chi connectivity index (χ1v) is 5.12. The van der Waals surface area contributed by atoms with Crippen molar-refractivity contribution < 1.29 is 24.4 Å². The van der Waals surface area contributed by atoms with Crippen LogP contribution in [-0.2, 0) is 14.2 Å². The molecule has 0 aliphatic carbocycles. The molecule has 16 heavy (non-hydrogen) atoms. The van der Waals surface area contributed by atoms with Gasteiger partial charge in [-0.3, -0.25) is 0 Å². The third kappa shape index (κ3) is 3.40. The molecule has 0 radical (unpaired) electrons. The summed E-state index contributed by atoms with van der Waals surface area (Å²) in [5.41, 5.74) is 0. The summed E-state index contributed by atoms with van der Waals surface area (Å²) in [4.78, 5) is 3.15. The number of nitrogens with zero attached hydrogens (tertiary/aromatic N) is 1. The molecule has 1 aliphatic heterocycles. The quantitative estimate of drug-likeness (QED) is 0.472. The molecule has 1 rings (SSSR count). The Bertz CT molecular complexity index is 242. The molecular weight excluding hydrogens is 214 g/mol. The topological polar surface area (TPSA) is 72.5 Å². The van der Waals surface area contributed by atoms with Crippen molar-refractivity contribution in [2.45, 2.75) is 24.4 Å². The first kappa shape index (κ1) is 13.4. The highest BCUT2D eigenvalue weighted by molar-refractivity contribution is 4.87. The van der Waals surface area contributed by atoms with Crippen LogP contribution in [0.5, 0.6) is 0 Å². The zero-order chi connectivity index (χ0) is 12.0. The third-order valence-corrected chi connectivity index (χ3v) is 2.48. The molecule has 92 valence electrons. The molecule has 6 heteroatoms. The molecule has 0 bridgehead atoms. The summed E-state index contributed by atoms with van der Waals surface area (Å²) in [7, 11) is 1.45. The summed E-state index contributed by atoms with van der Waals surface area (Å²) in [5, 5.41) is 19.0. The van der Waals surface area contributed by atoms with Gasteiger partial charge in [-0.1, -0.05) is 0 Å². The van der Waals surface area contributed by atoms with Crippen molar-refractivity contribution in [2.24, 2.45) is 0 Å². The predicted octanol–water partition coefficient (Wildman–Crippen LogP) is -0.942. The van der Waals surface area contributed by atoms with Crippen LogP contribution in [-0.4, -0.2) is 68.1 Å². The minimum Gasteiger partial charge on any atom is -0.388 e. The van der Waals surface area contributed by atoms with E-state index >= 15 is 0 Å². The van der Waals surface area contributed by atoms with Gasteiger partial charge in [0, 0.05) is 7.11 Å². The summed E-state index contributed by atoms with van der Waals surface area (Å²) in [6, 6.07) is 0. The van der Waals surface area contributed by atoms with Crippen molar-refractivity contribution >= 4 is 0 Å². The van der Waals surface area contributed by atoms with Crippen LogP contribution in [0.1, 0.15) is 0 Å². The van der Waals surface area contributed by atoms with Crippen molar-refractivity contribution in [2.75, 3.05) is 33.5 Å². The molecule has 1 saturated heterocycles. The van der Waals surface area contributed by atoms with Gasteiger partial charge in [0.2, 0.25) is 6.54 Å². The van der Waals surface area contributed by atoms with Crippen LogP contribution in [0.3, 0.4) is 0 Å². The average molecular weight is 231 g/mol. The van der Waals surface area contributed by atoms with Gasteiger partial charge < -0.3 is 29.3 Å². The van der Waals surface area contributed by atoms with Gasteiger partial charge in [0.05, 0.1) is 13.2 Å². The maximum Gasteiger partial charge on any atom is 0.237 e. The maximum absolute atomic E-state index is 9.65. The van der Waals surface area contributed by atoms with E-state index in [4.69, 9.17) is 20.8 Å². The van der Waals surface area contributed by atoms with E-state index < -0.39 is 24.4 Å². The van der Waals surface area contributed by atoms with E-state index in [1.165, 1.54) is 7.11 Å². The third-order valence-electron chi connectivity index (χ3n) is 2.48. The lowest BCUT2D eigenvalue weighted by Gasteiger charge is -2.37. The van der Waals surface area contributed by atoms with Gasteiger partial charge in [-0.2, -0.15) is 0 Å². The largest absolute Gasteiger partial charge is 0.388 e. The zero-order valence-corrected chi connectivity index (χ0v) is 9.20. The number of hydrogen-bond acceptors (Lipinski definition) is 5. The SMILES string of the molecule is [C-]#[N+]CCOCC1OCC(O)C(O)C1OC. The highest BCUT2D eigenvalue weighted by Crippen LogP contribution is 2.18. The lowest BCUT2D eigenvalue weighted by molar-refractivity contribution is -0.207. The van der Waals surface area contributed by atoms with Crippen LogP contribution in [0.4, 0.5) is 0 Å². The first-order chi connectivity index (χ1) is 7.70. The Kier molecular flexibility index (Phi) is 5.66. The Morgan fingerprint density at radius 1 is 1.50 bits per heavy atom. The molecule has 0 saturated carbocycles. The fourth-order valence-electron chi connectivity index (χ4n) is 1.60. The van der Waals surface area contributed by atoms with Crippen LogP contribution >= 0.6 is 0 Å². The standard InChI is InChI=1S/C10H17NO5/c1-11-3-4-15-6-8-10(14-2)9(13)7(12)5-16-8/h7-10,12-13H,3-6H2,2H3. The highest BCUT2D eigenvalue weighted by atomic mass is 16.6. The van der Waals surface area contributed by atoms with Crippen molar-refractivity contribution in [3.05, 3.63) is 11.4 Å². The molecule has 0 aromatic heterocycles. The van der Waals surface area contributed by atoms with Crippen LogP contribution in [0.15, 0.2) is 0 Å². The van der Waals surface area contributed by atoms with Crippen molar-refractivity contribution in [3.63, 3.8) is 0 Å². The molecular formula is C10H17NO5. The molecule has 1 fully saturated rings. The summed E-state index contributed by atoms with van der Waals surface area (Å²) < 4.78 is 15.6. The molecule has 6 nitrogen and oxygen atoms in total. The number of aliphatic hydroxyl groups excluding tert-OH is 2. The second-order valence-electron chi connectivity index (χ2n) is 3.59. The normalized spacial score (nSPS) is 34.6. The molecule has 0 aromatic rings. The molecule has 0 aromatic carbocycles. The van der Waals surface area contributed by atoms with Gasteiger partial charge in [-0.05, 0) is 0 Å². The van der Waals surface area contributed by atoms with Gasteiger partial charge in [-0.25, -0.2) is 6.57 Å². The van der Waals surface area contributed by atoms with E-state index in [0.717, 1.165) is 0 Å². The molecule has 0 spiro atoms. The fourth-order valence-corrected chi connectivity index (χ4v) is 1.60. The number of aliphatic hydroxyl groups is 2. The van der Waals surface area contributed by atoms with Gasteiger partial charge in [0.25, 0.3) is 0 Å². The van der Waals surface area contributed by atoms with E-state index in [0.29, 0.717) is 13.2 Å². The number of methoxy groups -OCH3 is 1. The van der Waals surface area contributed by atoms with Crippen LogP contribution in [0, 0.1) is 6.57 Å². The molecule has 0 amide bonds. The second-order valence-corrected chi connectivity index (χ2v) is 3.59. The molecule has 1 aliphatic rings. The Morgan fingerprint density at radius 2 is 2.25 bits per heavy atom. The van der Waals surface area contributed by atoms with E-state index in [9.17, 15) is 10.2 Å². The minimum absolute atomic E-state index is 0.0673. The predicted molar refractivity (Wildman–Crippen MR) is 54.8 cm³/mol. The number of rotatable bonds is 5. The van der Waals surface area contributed by atoms with E-state index in [-0.39, 0.29) is 13.2 Å². The van der Waals surface area contributed by atoms with E-state index in [1.54, 1.807) is 0 Å². The second kappa shape index (κ2) is 6.78. The summed E-state index contributed by atoms with van der Waals surface area (Å²) in [5.74, 6) is 0. The monoisotopic (exact) mass is 231 g/mol. The van der Waals surface area contributed by atoms with Crippen LogP contribution in [0.25, 0.3) is 4.85 Å². The molecule has 4 atom stereocenters. The highest BCUT2D eigenvalue weighted by Gasteiger charge is 2.38. The summed E-state index contributed by atoms with van der Waals surface area (Å²) in [6.45, 7) is 7.52. The van der Waals surface area contributed by atoms with E-state index in [2.05, 4.69) is 4.85 Å². The van der Waals surface area contributed by atoms with Gasteiger partial charge in [0.1, 0.15) is 31.0 Å². The van der Waals surface area contributed by atoms with Gasteiger partial charge >= 0.3 is 0 Å². The van der Waals surface area contributed by atoms with Gasteiger partial charge in [0.15, 0.2) is 0 Å². The van der Waals surface area contributed by atoms with Crippen molar-refractivity contribution in [1.29, 1.82) is 0 Å². The smallest absolute Gasteiger partial charge is 0.237 e. The zero-order valence-electron chi connectivity index (χ0n) is 9.20. The summed E-state index contributed by atoms with van der Waals surface area (Å²) in [6.07, 6.45) is -2.90. The Hall–Kier alpha value is -0.710. The Balaban J connectivity index is 2.37. The van der Waals surface area contributed by atoms with Crippen molar-refractivity contribution in [3.8, 4) is 0 Å². The van der Waals surface area contributed by atoms with Gasteiger partial charge in [-0.15, -0.1) is 0 Å². The number of hydrogen-bond donors (Lipinski definition) is 2. The first-order valence-electron chi connectivity index (χ1n) is 5.12. The minimum atomic E-state index is -0.965. The van der Waals surface area contributed by atoms with E-state index in [1.807, 2.05) is 0 Å². The fraction of sp³-hybridized carbons (Fsp3) is 0.900. The lowest BCUT2D eigenvalue weighted by Crippen LogP contribution is -2.55.